The van der Waals surface area contributed by atoms with E-state index in [0.717, 1.165) is 22.5 Å². The van der Waals surface area contributed by atoms with Crippen molar-refractivity contribution in [1.82, 2.24) is 21.2 Å². The molecule has 2 aromatic heterocycles. The number of hydrogen-bond acceptors (Lipinski definition) is 6. The van der Waals surface area contributed by atoms with Gasteiger partial charge < -0.3 is 9.05 Å². The van der Waals surface area contributed by atoms with Crippen molar-refractivity contribution < 1.29 is 18.6 Å². The third kappa shape index (κ3) is 4.43. The van der Waals surface area contributed by atoms with E-state index in [1.807, 2.05) is 27.7 Å². The fourth-order valence-electron chi connectivity index (χ4n) is 2.46. The average Bonchev–Trinajstić information content (AvgIpc) is 3.03. The summed E-state index contributed by atoms with van der Waals surface area (Å²) in [6.45, 7) is 7.29. The highest BCUT2D eigenvalue weighted by Crippen LogP contribution is 2.15. The molecule has 2 N–H and O–H groups in total. The quantitative estimate of drug-likeness (QED) is 0.777. The molecule has 0 aromatic carbocycles. The minimum absolute atomic E-state index is 0.243. The second-order valence-corrected chi connectivity index (χ2v) is 5.70. The third-order valence-corrected chi connectivity index (χ3v) is 3.91. The molecule has 0 bridgehead atoms. The molecule has 0 saturated carbocycles. The largest absolute Gasteiger partial charge is 0.361 e. The lowest BCUT2D eigenvalue weighted by atomic mass is 10.1. The summed E-state index contributed by atoms with van der Waals surface area (Å²) < 4.78 is 10.1. The van der Waals surface area contributed by atoms with E-state index in [4.69, 9.17) is 9.05 Å². The molecule has 0 aliphatic carbocycles. The predicted molar refractivity (Wildman–Crippen MR) is 84.9 cm³/mol. The molecule has 0 radical (unpaired) electrons. The van der Waals surface area contributed by atoms with E-state index in [2.05, 4.69) is 21.2 Å². The number of rotatable bonds is 6. The van der Waals surface area contributed by atoms with Crippen molar-refractivity contribution in [3.8, 4) is 0 Å². The first kappa shape index (κ1) is 17.7. The summed E-state index contributed by atoms with van der Waals surface area (Å²) in [4.78, 5) is 23.6. The first-order valence-corrected chi connectivity index (χ1v) is 7.79. The molecule has 0 fully saturated rings. The number of nitrogens with zero attached hydrogens (tertiary/aromatic N) is 2. The van der Waals surface area contributed by atoms with E-state index in [9.17, 15) is 9.59 Å². The fourth-order valence-corrected chi connectivity index (χ4v) is 2.46. The Morgan fingerprint density at radius 3 is 1.46 bits per heavy atom. The van der Waals surface area contributed by atoms with Gasteiger partial charge in [0, 0.05) is 24.0 Å². The van der Waals surface area contributed by atoms with Gasteiger partial charge in [-0.3, -0.25) is 20.4 Å². The number of nitrogens with one attached hydrogen (secondary N) is 2. The normalized spacial score (nSPS) is 10.7. The Labute approximate surface area is 139 Å². The first-order valence-electron chi connectivity index (χ1n) is 7.79. The fraction of sp³-hybridized carbons (Fsp3) is 0.500. The van der Waals surface area contributed by atoms with Crippen LogP contribution in [-0.4, -0.2) is 22.1 Å². The summed E-state index contributed by atoms with van der Waals surface area (Å²) in [7, 11) is 0. The second-order valence-electron chi connectivity index (χ2n) is 5.70. The molecule has 8 nitrogen and oxygen atoms in total. The van der Waals surface area contributed by atoms with Gasteiger partial charge in [-0.05, 0) is 40.5 Å². The molecule has 8 heteroatoms. The van der Waals surface area contributed by atoms with Gasteiger partial charge in [0.25, 0.3) is 0 Å². The smallest absolute Gasteiger partial charge is 0.238 e. The Morgan fingerprint density at radius 2 is 1.17 bits per heavy atom. The molecule has 0 atom stereocenters. The zero-order chi connectivity index (χ0) is 17.7. The Bertz CT molecular complexity index is 631. The van der Waals surface area contributed by atoms with Crippen LogP contribution < -0.4 is 10.9 Å². The van der Waals surface area contributed by atoms with Crippen LogP contribution in [0.25, 0.3) is 0 Å². The highest BCUT2D eigenvalue weighted by Gasteiger charge is 2.13. The molecular formula is C16H22N4O4. The van der Waals surface area contributed by atoms with Crippen molar-refractivity contribution in [1.29, 1.82) is 0 Å². The Hall–Kier alpha value is -2.64. The van der Waals surface area contributed by atoms with Crippen molar-refractivity contribution >= 4 is 11.8 Å². The van der Waals surface area contributed by atoms with Gasteiger partial charge in [-0.25, -0.2) is 0 Å². The molecule has 24 heavy (non-hydrogen) atoms. The summed E-state index contributed by atoms with van der Waals surface area (Å²) >= 11 is 0. The molecular weight excluding hydrogens is 312 g/mol. The molecule has 0 aliphatic rings. The van der Waals surface area contributed by atoms with E-state index in [0.29, 0.717) is 24.4 Å². The van der Waals surface area contributed by atoms with Crippen LogP contribution in [0.1, 0.15) is 46.9 Å². The number of amides is 2. The summed E-state index contributed by atoms with van der Waals surface area (Å²) in [5, 5.41) is 7.68. The van der Waals surface area contributed by atoms with Crippen LogP contribution in [0, 0.1) is 27.7 Å². The lowest BCUT2D eigenvalue weighted by Gasteiger charge is -2.07. The van der Waals surface area contributed by atoms with Gasteiger partial charge in [0.05, 0.1) is 11.4 Å². The van der Waals surface area contributed by atoms with Crippen molar-refractivity contribution in [2.24, 2.45) is 0 Å². The van der Waals surface area contributed by atoms with Crippen LogP contribution in [0.5, 0.6) is 0 Å². The first-order chi connectivity index (χ1) is 11.4. The Morgan fingerprint density at radius 1 is 0.792 bits per heavy atom. The molecule has 130 valence electrons. The van der Waals surface area contributed by atoms with Crippen LogP contribution >= 0.6 is 0 Å². The van der Waals surface area contributed by atoms with Gasteiger partial charge in [-0.2, -0.15) is 0 Å². The van der Waals surface area contributed by atoms with E-state index in [1.54, 1.807) is 0 Å². The predicted octanol–water partition coefficient (Wildman–Crippen LogP) is 1.61. The number of hydrogen-bond donors (Lipinski definition) is 2. The highest BCUT2D eigenvalue weighted by atomic mass is 16.5. The standard InChI is InChI=1S/C16H22N4O4/c1-9-13(11(3)23-19-9)5-7-15(21)17-18-16(22)8-6-14-10(2)20-24-12(14)4/h5-8H2,1-4H3,(H,17,21)(H,18,22). The SMILES string of the molecule is Cc1noc(C)c1CCC(=O)NNC(=O)CCc1c(C)noc1C. The molecule has 0 spiro atoms. The second kappa shape index (κ2) is 7.76. The van der Waals surface area contributed by atoms with Gasteiger partial charge in [0.15, 0.2) is 0 Å². The summed E-state index contributed by atoms with van der Waals surface area (Å²) in [6, 6.07) is 0. The van der Waals surface area contributed by atoms with Gasteiger partial charge in [0.2, 0.25) is 11.8 Å². The highest BCUT2D eigenvalue weighted by molar-refractivity contribution is 5.82. The van der Waals surface area contributed by atoms with Crippen LogP contribution in [0.3, 0.4) is 0 Å². The number of aromatic nitrogens is 2. The van der Waals surface area contributed by atoms with Gasteiger partial charge in [-0.15, -0.1) is 0 Å². The topological polar surface area (TPSA) is 110 Å². The summed E-state index contributed by atoms with van der Waals surface area (Å²) in [6.07, 6.45) is 1.52. The van der Waals surface area contributed by atoms with Crippen molar-refractivity contribution in [3.63, 3.8) is 0 Å². The average molecular weight is 334 g/mol. The molecule has 2 amide bonds. The van der Waals surface area contributed by atoms with Gasteiger partial charge >= 0.3 is 0 Å². The molecule has 2 heterocycles. The van der Waals surface area contributed by atoms with Crippen LogP contribution in [0.2, 0.25) is 0 Å². The zero-order valence-electron chi connectivity index (χ0n) is 14.4. The van der Waals surface area contributed by atoms with E-state index in [1.165, 1.54) is 0 Å². The number of hydrazine groups is 1. The summed E-state index contributed by atoms with van der Waals surface area (Å²) in [5.74, 6) is 0.897. The third-order valence-electron chi connectivity index (χ3n) is 3.91. The van der Waals surface area contributed by atoms with Crippen molar-refractivity contribution in [2.75, 3.05) is 0 Å². The van der Waals surface area contributed by atoms with Crippen LogP contribution in [0.15, 0.2) is 9.05 Å². The number of aryl methyl sites for hydroxylation is 4. The maximum atomic E-state index is 11.8. The van der Waals surface area contributed by atoms with Crippen LogP contribution in [0.4, 0.5) is 0 Å². The monoisotopic (exact) mass is 334 g/mol. The van der Waals surface area contributed by atoms with E-state index in [-0.39, 0.29) is 24.7 Å². The lowest BCUT2D eigenvalue weighted by Crippen LogP contribution is -2.41. The van der Waals surface area contributed by atoms with Crippen molar-refractivity contribution in [3.05, 3.63) is 34.0 Å². The maximum Gasteiger partial charge on any atom is 0.238 e. The van der Waals surface area contributed by atoms with Gasteiger partial charge in [0.1, 0.15) is 11.5 Å². The van der Waals surface area contributed by atoms with E-state index < -0.39 is 0 Å². The van der Waals surface area contributed by atoms with Gasteiger partial charge in [-0.1, -0.05) is 10.3 Å². The Balaban J connectivity index is 1.70. The summed E-state index contributed by atoms with van der Waals surface area (Å²) in [5.41, 5.74) is 8.24. The zero-order valence-corrected chi connectivity index (χ0v) is 14.4. The Kier molecular flexibility index (Phi) is 5.73. The molecule has 0 aliphatic heterocycles. The molecule has 0 unspecified atom stereocenters. The molecule has 2 aromatic rings. The number of carbonyl (C=O) groups excluding carboxylic acids is 2. The minimum atomic E-state index is -0.263. The van der Waals surface area contributed by atoms with Crippen LogP contribution in [-0.2, 0) is 22.4 Å². The van der Waals surface area contributed by atoms with Crippen molar-refractivity contribution in [2.45, 2.75) is 53.4 Å². The molecule has 0 saturated heterocycles. The minimum Gasteiger partial charge on any atom is -0.361 e. The number of carbonyl (C=O) groups is 2. The lowest BCUT2D eigenvalue weighted by molar-refractivity contribution is -0.128. The maximum absolute atomic E-state index is 11.8. The molecule has 2 rings (SSSR count). The van der Waals surface area contributed by atoms with E-state index >= 15 is 0 Å².